The highest BCUT2D eigenvalue weighted by Gasteiger charge is 2.46. The van der Waals surface area contributed by atoms with Crippen LogP contribution in [0, 0.1) is 17.3 Å². The number of phosphoric ester groups is 3. The molecule has 6 rings (SSSR count). The average Bonchev–Trinajstić information content (AvgIpc) is 0.827. The van der Waals surface area contributed by atoms with Crippen molar-refractivity contribution in [1.29, 1.82) is 0 Å². The zero-order valence-electron chi connectivity index (χ0n) is 60.3. The average molecular weight is 1580 g/mol. The molecule has 0 aromatic rings. The molecule has 0 saturated carbocycles. The van der Waals surface area contributed by atoms with Gasteiger partial charge in [-0.25, -0.2) is 13.7 Å². The normalized spacial score (nSPS) is 30.7. The van der Waals surface area contributed by atoms with Crippen molar-refractivity contribution in [3.8, 4) is 0 Å². The lowest BCUT2D eigenvalue weighted by atomic mass is 9.92. The first-order chi connectivity index (χ1) is 50.0. The van der Waals surface area contributed by atoms with Crippen molar-refractivity contribution in [1.82, 2.24) is 14.7 Å². The Bertz CT molecular complexity index is 2360. The number of ether oxygens (including phenoxy) is 9. The number of hydrogen-bond acceptors (Lipinski definition) is 32. The van der Waals surface area contributed by atoms with Gasteiger partial charge in [-0.15, -0.1) is 0 Å². The largest absolute Gasteiger partial charge is 0.472 e. The Morgan fingerprint density at radius 2 is 0.695 bits per heavy atom. The second kappa shape index (κ2) is 46.8. The zero-order valence-corrected chi connectivity index (χ0v) is 63.0. The number of aliphatic hydroxyl groups excluding tert-OH is 10. The van der Waals surface area contributed by atoms with Crippen LogP contribution in [0.1, 0.15) is 129 Å². The quantitative estimate of drug-likeness (QED) is 0.0258. The van der Waals surface area contributed by atoms with Gasteiger partial charge in [0.1, 0.15) is 42.7 Å². The number of carbonyl (C=O) groups excluding carboxylic acids is 3. The molecule has 6 saturated heterocycles. The second-order valence-corrected chi connectivity index (χ2v) is 32.0. The number of amides is 3. The van der Waals surface area contributed by atoms with E-state index in [2.05, 4.69) is 0 Å². The predicted molar refractivity (Wildman–Crippen MR) is 364 cm³/mol. The number of aliphatic hydroxyl groups is 10. The van der Waals surface area contributed by atoms with Crippen molar-refractivity contribution in [3.05, 3.63) is 0 Å². The monoisotopic (exact) mass is 1580 g/mol. The van der Waals surface area contributed by atoms with Gasteiger partial charge in [-0.3, -0.25) is 41.5 Å². The van der Waals surface area contributed by atoms with Crippen LogP contribution >= 0.6 is 23.5 Å². The van der Waals surface area contributed by atoms with Crippen LogP contribution < -0.4 is 5.73 Å². The fourth-order valence-electron chi connectivity index (χ4n) is 12.7. The van der Waals surface area contributed by atoms with Gasteiger partial charge in [0.25, 0.3) is 0 Å². The Labute approximate surface area is 612 Å². The molecule has 41 heteroatoms. The van der Waals surface area contributed by atoms with Crippen LogP contribution in [-0.4, -0.2) is 341 Å². The van der Waals surface area contributed by atoms with E-state index < -0.39 is 165 Å². The van der Waals surface area contributed by atoms with E-state index in [1.807, 2.05) is 0 Å². The number of phosphoric acid groups is 3. The first-order valence-corrected chi connectivity index (χ1v) is 41.2. The Morgan fingerprint density at radius 3 is 0.990 bits per heavy atom. The summed E-state index contributed by atoms with van der Waals surface area (Å²) in [6.07, 6.45) is -9.65. The molecule has 18 unspecified atom stereocenters. The molecule has 0 aromatic heterocycles. The molecule has 0 bridgehead atoms. The highest BCUT2D eigenvalue weighted by atomic mass is 31.2. The summed E-state index contributed by atoms with van der Waals surface area (Å²) in [5.41, 5.74) is 4.69. The lowest BCUT2D eigenvalue weighted by molar-refractivity contribution is -0.282. The molecule has 6 aliphatic heterocycles. The topological polar surface area (TPSA) is 540 Å². The maximum Gasteiger partial charge on any atom is 0.472 e. The van der Waals surface area contributed by atoms with E-state index in [1.54, 1.807) is 28.5 Å². The molecule has 18 atom stereocenters. The number of hydrogen-bond donors (Lipinski definition) is 14. The molecule has 0 radical (unpaired) electrons. The van der Waals surface area contributed by atoms with Gasteiger partial charge in [-0.2, -0.15) is 0 Å². The first kappa shape index (κ1) is 91.8. The number of nitrogens with two attached hydrogens (primary N) is 1. The van der Waals surface area contributed by atoms with E-state index in [4.69, 9.17) is 75.5 Å². The van der Waals surface area contributed by atoms with Gasteiger partial charge in [0.15, 0.2) is 18.9 Å². The maximum atomic E-state index is 13.0. The minimum Gasteiger partial charge on any atom is -0.396 e. The van der Waals surface area contributed by atoms with Gasteiger partial charge < -0.3 is 129 Å². The van der Waals surface area contributed by atoms with Gasteiger partial charge >= 0.3 is 23.5 Å². The molecule has 6 fully saturated rings. The number of rotatable bonds is 49. The van der Waals surface area contributed by atoms with Crippen LogP contribution in [0.25, 0.3) is 0 Å². The van der Waals surface area contributed by atoms with Crippen molar-refractivity contribution in [3.63, 3.8) is 0 Å². The highest BCUT2D eigenvalue weighted by Crippen LogP contribution is 2.48. The minimum atomic E-state index is -4.55. The van der Waals surface area contributed by atoms with Gasteiger partial charge in [-0.1, -0.05) is 13.8 Å². The SMILES string of the molecule is CC1C(OCCCCC(=O)N2CCC(OP(=O)(O)OCCCOCC(CO)(COCCCOP(=O)(O)OC3CCN(C(=O)CCCCOC4OC(CO)C(O)C(O)C4C)CC3)COCCCOP(=O)(O)OC3CCN(C(=O)CCCCOC4OC(CO)C(O)C(O)C4N)CC3)CC2)OC(CO)C(O)C1O. The smallest absolute Gasteiger partial charge is 0.396 e. The van der Waals surface area contributed by atoms with Crippen LogP contribution in [0.3, 0.4) is 0 Å². The molecular weight excluding hydrogens is 1460 g/mol. The molecule has 614 valence electrons. The lowest BCUT2D eigenvalue weighted by Gasteiger charge is -2.40. The standard InChI is InChI=1S/C64H119N4O34P3/c1-43-55(76)57(78)48(36-69)97-61(43)91-30-6-3-12-51(73)66-21-15-45(16-22-66)100-103(82,83)94-33-9-27-88-40-64(39-72,41-89-28-10-34-95-104(84,85)101-46-17-23-67(24-18-46)52(74)13-4-7-31-92-62-44(2)56(77)58(79)49(37-70)98-62)42-90-29-11-35-96-105(86,87)102-47-19-25-68(26-20-47)53(75)14-5-8-32-93-63-54(65)60(81)59(80)50(38-71)99-63/h43-50,54-63,69-72,76-81H,3-42,65H2,1-2H3,(H,82,83)(H,84,85)(H,86,87). The van der Waals surface area contributed by atoms with Crippen LogP contribution in [0.5, 0.6) is 0 Å². The first-order valence-electron chi connectivity index (χ1n) is 36.7. The Kier molecular flexibility index (Phi) is 40.9. The Balaban J connectivity index is 0.865. The Morgan fingerprint density at radius 1 is 0.410 bits per heavy atom. The molecule has 0 spiro atoms. The van der Waals surface area contributed by atoms with Crippen molar-refractivity contribution in [2.45, 2.75) is 228 Å². The van der Waals surface area contributed by atoms with E-state index >= 15 is 0 Å². The summed E-state index contributed by atoms with van der Waals surface area (Å²) in [5, 5.41) is 100.0. The van der Waals surface area contributed by atoms with E-state index in [0.717, 1.165) is 0 Å². The molecule has 6 heterocycles. The van der Waals surface area contributed by atoms with Crippen molar-refractivity contribution in [2.24, 2.45) is 23.0 Å². The third-order valence-corrected chi connectivity index (χ3v) is 22.6. The molecule has 38 nitrogen and oxygen atoms in total. The van der Waals surface area contributed by atoms with E-state index in [9.17, 15) is 93.8 Å². The molecule has 3 amide bonds. The van der Waals surface area contributed by atoms with Crippen LogP contribution in [0.2, 0.25) is 0 Å². The van der Waals surface area contributed by atoms with Crippen LogP contribution in [0.4, 0.5) is 0 Å². The van der Waals surface area contributed by atoms with Crippen molar-refractivity contribution >= 4 is 41.2 Å². The molecule has 0 aromatic carbocycles. The summed E-state index contributed by atoms with van der Waals surface area (Å²) < 4.78 is 122. The molecular formula is C64H119N4O34P3. The molecule has 105 heavy (non-hydrogen) atoms. The molecule has 0 aliphatic carbocycles. The molecule has 6 aliphatic rings. The number of nitrogens with zero attached hydrogens (tertiary/aromatic N) is 3. The maximum absolute atomic E-state index is 13.0. The number of unbranched alkanes of at least 4 members (excludes halogenated alkanes) is 3. The minimum absolute atomic E-state index is 0.0243. The number of likely N-dealkylation sites (tertiary alicyclic amines) is 3. The summed E-state index contributed by atoms with van der Waals surface area (Å²) in [5.74, 6) is -1.42. The third kappa shape index (κ3) is 31.1. The summed E-state index contributed by atoms with van der Waals surface area (Å²) >= 11 is 0. The number of piperidine rings is 3. The van der Waals surface area contributed by atoms with Crippen molar-refractivity contribution in [2.75, 3.05) is 145 Å². The van der Waals surface area contributed by atoms with Gasteiger partial charge in [-0.05, 0) is 96.3 Å². The van der Waals surface area contributed by atoms with Crippen LogP contribution in [-0.2, 0) is 97.9 Å². The van der Waals surface area contributed by atoms with E-state index in [1.165, 1.54) is 0 Å². The fourth-order valence-corrected chi connectivity index (χ4v) is 15.7. The van der Waals surface area contributed by atoms with Crippen LogP contribution in [0.15, 0.2) is 0 Å². The van der Waals surface area contributed by atoms with Gasteiger partial charge in [0.05, 0.1) is 108 Å². The van der Waals surface area contributed by atoms with E-state index in [-0.39, 0.29) is 213 Å². The van der Waals surface area contributed by atoms with Gasteiger partial charge in [0, 0.05) is 110 Å². The third-order valence-electron chi connectivity index (χ3n) is 19.4. The number of carbonyl (C=O) groups is 3. The second-order valence-electron chi connectivity index (χ2n) is 27.7. The summed E-state index contributed by atoms with van der Waals surface area (Å²) in [6.45, 7) is 2.23. The molecule has 15 N–H and O–H groups in total. The lowest BCUT2D eigenvalue weighted by Crippen LogP contribution is -2.62. The summed E-state index contributed by atoms with van der Waals surface area (Å²) in [7, 11) is -13.7. The zero-order chi connectivity index (χ0) is 76.7. The predicted octanol–water partition coefficient (Wildman–Crippen LogP) is -0.964. The fraction of sp³-hybridized carbons (Fsp3) is 0.953. The summed E-state index contributed by atoms with van der Waals surface area (Å²) in [6, 6.07) is -1.04. The van der Waals surface area contributed by atoms with Crippen molar-refractivity contribution < 1.29 is 164 Å². The highest BCUT2D eigenvalue weighted by molar-refractivity contribution is 7.48. The Hall–Kier alpha value is -2.06. The van der Waals surface area contributed by atoms with Gasteiger partial charge in [0.2, 0.25) is 17.7 Å². The van der Waals surface area contributed by atoms with E-state index in [0.29, 0.717) is 38.5 Å². The summed E-state index contributed by atoms with van der Waals surface area (Å²) in [4.78, 5) is 75.6.